The number of hydrogen-bond donors (Lipinski definition) is 1. The van der Waals surface area contributed by atoms with Crippen LogP contribution < -0.4 is 10.6 Å². The van der Waals surface area contributed by atoms with Crippen LogP contribution in [0.2, 0.25) is 0 Å². The molecule has 1 unspecified atom stereocenters. The summed E-state index contributed by atoms with van der Waals surface area (Å²) >= 11 is 0. The molecule has 104 valence electrons. The van der Waals surface area contributed by atoms with E-state index in [1.54, 1.807) is 0 Å². The zero-order chi connectivity index (χ0) is 13.8. The van der Waals surface area contributed by atoms with Crippen molar-refractivity contribution in [2.24, 2.45) is 5.73 Å². The summed E-state index contributed by atoms with van der Waals surface area (Å²) in [6.07, 6.45) is 0.993. The fourth-order valence-corrected chi connectivity index (χ4v) is 2.46. The minimum absolute atomic E-state index is 0.177. The maximum absolute atomic E-state index is 12.0. The van der Waals surface area contributed by atoms with Gasteiger partial charge in [-0.1, -0.05) is 19.1 Å². The Bertz CT molecular complexity index is 430. The summed E-state index contributed by atoms with van der Waals surface area (Å²) in [4.78, 5) is 15.9. The SMILES string of the molecule is CC(CCN)c1ccc(N2CCN(C)CC2=O)cc1. The van der Waals surface area contributed by atoms with E-state index in [9.17, 15) is 4.79 Å². The van der Waals surface area contributed by atoms with Crippen LogP contribution >= 0.6 is 0 Å². The number of amides is 1. The molecule has 1 heterocycles. The lowest BCUT2D eigenvalue weighted by Crippen LogP contribution is -2.48. The Morgan fingerprint density at radius 1 is 1.26 bits per heavy atom. The molecule has 0 saturated carbocycles. The van der Waals surface area contributed by atoms with Crippen molar-refractivity contribution in [1.29, 1.82) is 0 Å². The summed E-state index contributed by atoms with van der Waals surface area (Å²) in [5.74, 6) is 0.652. The second-order valence-corrected chi connectivity index (χ2v) is 5.35. The maximum atomic E-state index is 12.0. The van der Waals surface area contributed by atoms with Crippen LogP contribution in [0.1, 0.15) is 24.8 Å². The maximum Gasteiger partial charge on any atom is 0.241 e. The molecule has 1 aromatic rings. The molecule has 0 aliphatic carbocycles. The molecular weight excluding hydrogens is 238 g/mol. The average molecular weight is 261 g/mol. The van der Waals surface area contributed by atoms with Gasteiger partial charge in [-0.3, -0.25) is 9.69 Å². The van der Waals surface area contributed by atoms with Gasteiger partial charge in [-0.2, -0.15) is 0 Å². The van der Waals surface area contributed by atoms with E-state index in [1.807, 2.05) is 24.1 Å². The van der Waals surface area contributed by atoms with Gasteiger partial charge in [0.25, 0.3) is 0 Å². The van der Waals surface area contributed by atoms with Crippen molar-refractivity contribution < 1.29 is 4.79 Å². The van der Waals surface area contributed by atoms with Crippen molar-refractivity contribution in [2.75, 3.05) is 38.1 Å². The fourth-order valence-electron chi connectivity index (χ4n) is 2.46. The van der Waals surface area contributed by atoms with Gasteiger partial charge in [0.15, 0.2) is 0 Å². The Balaban J connectivity index is 2.08. The third-order valence-electron chi connectivity index (χ3n) is 3.79. The van der Waals surface area contributed by atoms with E-state index in [0.717, 1.165) is 25.2 Å². The van der Waals surface area contributed by atoms with Gasteiger partial charge >= 0.3 is 0 Å². The number of carbonyl (C=O) groups is 1. The Morgan fingerprint density at radius 3 is 2.53 bits per heavy atom. The van der Waals surface area contributed by atoms with Gasteiger partial charge in [-0.05, 0) is 43.6 Å². The van der Waals surface area contributed by atoms with Crippen molar-refractivity contribution in [3.8, 4) is 0 Å². The molecule has 1 fully saturated rings. The molecule has 4 nitrogen and oxygen atoms in total. The summed E-state index contributed by atoms with van der Waals surface area (Å²) in [6.45, 7) is 5.10. The van der Waals surface area contributed by atoms with Crippen LogP contribution in [0, 0.1) is 0 Å². The predicted molar refractivity (Wildman–Crippen MR) is 78.4 cm³/mol. The quantitative estimate of drug-likeness (QED) is 0.891. The normalized spacial score (nSPS) is 18.7. The first-order valence-corrected chi connectivity index (χ1v) is 6.90. The third kappa shape index (κ3) is 3.33. The minimum atomic E-state index is 0.177. The summed E-state index contributed by atoms with van der Waals surface area (Å²) in [7, 11) is 1.98. The number of piperazine rings is 1. The molecule has 0 spiro atoms. The smallest absolute Gasteiger partial charge is 0.241 e. The lowest BCUT2D eigenvalue weighted by Gasteiger charge is -2.32. The van der Waals surface area contributed by atoms with Crippen LogP contribution in [0.15, 0.2) is 24.3 Å². The van der Waals surface area contributed by atoms with Crippen LogP contribution in [0.25, 0.3) is 0 Å². The number of carbonyl (C=O) groups excluding carboxylic acids is 1. The lowest BCUT2D eigenvalue weighted by molar-refractivity contribution is -0.120. The zero-order valence-corrected chi connectivity index (χ0v) is 11.8. The molecular formula is C15H23N3O. The molecule has 1 aromatic carbocycles. The molecule has 2 N–H and O–H groups in total. The Hall–Kier alpha value is -1.39. The van der Waals surface area contributed by atoms with Gasteiger partial charge in [-0.25, -0.2) is 0 Å². The highest BCUT2D eigenvalue weighted by Gasteiger charge is 2.22. The zero-order valence-electron chi connectivity index (χ0n) is 11.8. The van der Waals surface area contributed by atoms with Crippen molar-refractivity contribution in [3.63, 3.8) is 0 Å². The molecule has 0 radical (unpaired) electrons. The molecule has 1 atom stereocenters. The number of likely N-dealkylation sites (N-methyl/N-ethyl adjacent to an activating group) is 1. The van der Waals surface area contributed by atoms with Crippen molar-refractivity contribution >= 4 is 11.6 Å². The van der Waals surface area contributed by atoms with Crippen molar-refractivity contribution in [1.82, 2.24) is 4.90 Å². The Morgan fingerprint density at radius 2 is 1.95 bits per heavy atom. The first-order valence-electron chi connectivity index (χ1n) is 6.90. The molecule has 0 bridgehead atoms. The van der Waals surface area contributed by atoms with Crippen LogP contribution in [-0.4, -0.2) is 44.0 Å². The third-order valence-corrected chi connectivity index (χ3v) is 3.79. The second-order valence-electron chi connectivity index (χ2n) is 5.35. The van der Waals surface area contributed by atoms with E-state index < -0.39 is 0 Å². The van der Waals surface area contributed by atoms with Crippen molar-refractivity contribution in [2.45, 2.75) is 19.3 Å². The van der Waals surface area contributed by atoms with Gasteiger partial charge in [0, 0.05) is 18.8 Å². The number of hydrogen-bond acceptors (Lipinski definition) is 3. The van der Waals surface area contributed by atoms with Crippen LogP contribution in [0.5, 0.6) is 0 Å². The van der Waals surface area contributed by atoms with E-state index in [-0.39, 0.29) is 5.91 Å². The number of rotatable bonds is 4. The average Bonchev–Trinajstić information content (AvgIpc) is 2.39. The Labute approximate surface area is 115 Å². The monoisotopic (exact) mass is 261 g/mol. The number of nitrogens with two attached hydrogens (primary N) is 1. The first kappa shape index (κ1) is 14.0. The van der Waals surface area contributed by atoms with Crippen LogP contribution in [-0.2, 0) is 4.79 Å². The second kappa shape index (κ2) is 6.17. The van der Waals surface area contributed by atoms with Gasteiger partial charge in [0.2, 0.25) is 5.91 Å². The van der Waals surface area contributed by atoms with Crippen molar-refractivity contribution in [3.05, 3.63) is 29.8 Å². The molecule has 4 heteroatoms. The number of anilines is 1. The predicted octanol–water partition coefficient (Wildman–Crippen LogP) is 1.42. The van der Waals surface area contributed by atoms with E-state index in [4.69, 9.17) is 5.73 Å². The van der Waals surface area contributed by atoms with Crippen LogP contribution in [0.3, 0.4) is 0 Å². The fraction of sp³-hybridized carbons (Fsp3) is 0.533. The molecule has 19 heavy (non-hydrogen) atoms. The van der Waals surface area contributed by atoms with Gasteiger partial charge in [0.05, 0.1) is 6.54 Å². The molecule has 1 aliphatic heterocycles. The summed E-state index contributed by atoms with van der Waals surface area (Å²) in [5.41, 5.74) is 7.88. The van der Waals surface area contributed by atoms with Gasteiger partial charge in [0.1, 0.15) is 0 Å². The highest BCUT2D eigenvalue weighted by Crippen LogP contribution is 2.23. The van der Waals surface area contributed by atoms with Gasteiger partial charge in [-0.15, -0.1) is 0 Å². The van der Waals surface area contributed by atoms with E-state index in [1.165, 1.54) is 5.56 Å². The van der Waals surface area contributed by atoms with E-state index >= 15 is 0 Å². The highest BCUT2D eigenvalue weighted by molar-refractivity contribution is 5.95. The summed E-state index contributed by atoms with van der Waals surface area (Å²) in [6, 6.07) is 8.32. The summed E-state index contributed by atoms with van der Waals surface area (Å²) < 4.78 is 0. The van der Waals surface area contributed by atoms with Gasteiger partial charge < -0.3 is 10.6 Å². The summed E-state index contributed by atoms with van der Waals surface area (Å²) in [5, 5.41) is 0. The standard InChI is InChI=1S/C15H23N3O/c1-12(7-8-16)13-3-5-14(6-4-13)18-10-9-17(2)11-15(18)19/h3-6,12H,7-11,16H2,1-2H3. The highest BCUT2D eigenvalue weighted by atomic mass is 16.2. The largest absolute Gasteiger partial charge is 0.330 e. The topological polar surface area (TPSA) is 49.6 Å². The molecule has 0 aromatic heterocycles. The molecule has 1 amide bonds. The molecule has 1 aliphatic rings. The van der Waals surface area contributed by atoms with E-state index in [0.29, 0.717) is 19.0 Å². The molecule has 2 rings (SSSR count). The number of benzene rings is 1. The minimum Gasteiger partial charge on any atom is -0.330 e. The number of nitrogens with zero attached hydrogens (tertiary/aromatic N) is 2. The first-order chi connectivity index (χ1) is 9.11. The van der Waals surface area contributed by atoms with Crippen LogP contribution in [0.4, 0.5) is 5.69 Å². The van der Waals surface area contributed by atoms with E-state index in [2.05, 4.69) is 24.0 Å². The Kier molecular flexibility index (Phi) is 4.56. The molecule has 1 saturated heterocycles. The lowest BCUT2D eigenvalue weighted by atomic mass is 9.97.